The lowest BCUT2D eigenvalue weighted by Crippen LogP contribution is -2.29. The summed E-state index contributed by atoms with van der Waals surface area (Å²) in [5, 5.41) is 2.42. The van der Waals surface area contributed by atoms with Crippen molar-refractivity contribution in [2.75, 3.05) is 19.8 Å². The molecule has 0 aromatic heterocycles. The molecule has 1 aromatic carbocycles. The molecule has 1 amide bonds. The third kappa shape index (κ3) is 5.34. The lowest BCUT2D eigenvalue weighted by molar-refractivity contribution is 0.0898. The van der Waals surface area contributed by atoms with Crippen LogP contribution in [0.2, 0.25) is 0 Å². The molecular formula is C14H19F2NO2. The maximum atomic E-state index is 13.3. The minimum absolute atomic E-state index is 0.227. The first-order chi connectivity index (χ1) is 9.02. The van der Waals surface area contributed by atoms with Crippen molar-refractivity contribution < 1.29 is 18.3 Å². The number of amides is 1. The second kappa shape index (κ2) is 7.84. The number of nitrogens with one attached hydrogen (secondary N) is 1. The largest absolute Gasteiger partial charge is 0.380 e. The van der Waals surface area contributed by atoms with Gasteiger partial charge in [-0.3, -0.25) is 4.79 Å². The van der Waals surface area contributed by atoms with Gasteiger partial charge in [0.1, 0.15) is 17.2 Å². The summed E-state index contributed by atoms with van der Waals surface area (Å²) in [6.07, 6.45) is 0.940. The van der Waals surface area contributed by atoms with E-state index in [9.17, 15) is 13.6 Å². The zero-order valence-electron chi connectivity index (χ0n) is 11.2. The molecule has 0 atom stereocenters. The first-order valence-electron chi connectivity index (χ1n) is 6.32. The average molecular weight is 271 g/mol. The van der Waals surface area contributed by atoms with Crippen LogP contribution in [0.25, 0.3) is 0 Å². The molecule has 0 saturated heterocycles. The zero-order valence-corrected chi connectivity index (χ0v) is 11.2. The van der Waals surface area contributed by atoms with Crippen molar-refractivity contribution >= 4 is 5.91 Å². The number of ether oxygens (including phenoxy) is 1. The number of rotatable bonds is 7. The number of hydrogen-bond acceptors (Lipinski definition) is 2. The third-order valence-corrected chi connectivity index (χ3v) is 2.56. The quantitative estimate of drug-likeness (QED) is 0.774. The van der Waals surface area contributed by atoms with E-state index in [-0.39, 0.29) is 6.54 Å². The third-order valence-electron chi connectivity index (χ3n) is 2.56. The predicted octanol–water partition coefficient (Wildman–Crippen LogP) is 2.76. The highest BCUT2D eigenvalue weighted by Gasteiger charge is 2.16. The van der Waals surface area contributed by atoms with Crippen LogP contribution < -0.4 is 5.32 Å². The highest BCUT2D eigenvalue weighted by molar-refractivity contribution is 5.94. The van der Waals surface area contributed by atoms with Crippen molar-refractivity contribution in [3.63, 3.8) is 0 Å². The molecule has 106 valence electrons. The van der Waals surface area contributed by atoms with Gasteiger partial charge in [0, 0.05) is 13.2 Å². The maximum Gasteiger partial charge on any atom is 0.257 e. The van der Waals surface area contributed by atoms with E-state index in [2.05, 4.69) is 19.2 Å². The zero-order chi connectivity index (χ0) is 14.3. The van der Waals surface area contributed by atoms with Gasteiger partial charge in [-0.2, -0.15) is 0 Å². The van der Waals surface area contributed by atoms with Crippen LogP contribution in [0.3, 0.4) is 0 Å². The topological polar surface area (TPSA) is 38.3 Å². The van der Waals surface area contributed by atoms with Crippen LogP contribution >= 0.6 is 0 Å². The van der Waals surface area contributed by atoms with E-state index in [1.165, 1.54) is 6.07 Å². The summed E-state index contributed by atoms with van der Waals surface area (Å²) in [4.78, 5) is 11.6. The highest BCUT2D eigenvalue weighted by atomic mass is 19.1. The molecular weight excluding hydrogens is 252 g/mol. The summed E-state index contributed by atoms with van der Waals surface area (Å²) in [6, 6.07) is 3.32. The SMILES string of the molecule is CC(C)CCOCCNC(=O)c1c(F)cccc1F. The van der Waals surface area contributed by atoms with Crippen LogP contribution in [0, 0.1) is 17.6 Å². The van der Waals surface area contributed by atoms with Crippen molar-refractivity contribution in [1.29, 1.82) is 0 Å². The van der Waals surface area contributed by atoms with Gasteiger partial charge in [0.25, 0.3) is 5.91 Å². The molecule has 1 rings (SSSR count). The molecule has 1 aromatic rings. The lowest BCUT2D eigenvalue weighted by Gasteiger charge is -2.08. The van der Waals surface area contributed by atoms with Crippen LogP contribution in [0.5, 0.6) is 0 Å². The molecule has 5 heteroatoms. The minimum Gasteiger partial charge on any atom is -0.380 e. The molecule has 0 radical (unpaired) electrons. The fourth-order valence-electron chi connectivity index (χ4n) is 1.46. The van der Waals surface area contributed by atoms with Crippen LogP contribution in [-0.2, 0) is 4.74 Å². The normalized spacial score (nSPS) is 10.8. The molecule has 0 heterocycles. The maximum absolute atomic E-state index is 13.3. The van der Waals surface area contributed by atoms with E-state index >= 15 is 0 Å². The van der Waals surface area contributed by atoms with Gasteiger partial charge < -0.3 is 10.1 Å². The van der Waals surface area contributed by atoms with Crippen LogP contribution in [-0.4, -0.2) is 25.7 Å². The van der Waals surface area contributed by atoms with E-state index < -0.39 is 23.1 Å². The smallest absolute Gasteiger partial charge is 0.257 e. The van der Waals surface area contributed by atoms with E-state index in [1.54, 1.807) is 0 Å². The van der Waals surface area contributed by atoms with Gasteiger partial charge in [-0.05, 0) is 24.5 Å². The molecule has 0 bridgehead atoms. The van der Waals surface area contributed by atoms with Crippen molar-refractivity contribution in [3.05, 3.63) is 35.4 Å². The Bertz CT molecular complexity index is 402. The highest BCUT2D eigenvalue weighted by Crippen LogP contribution is 2.11. The molecule has 1 N–H and O–H groups in total. The summed E-state index contributed by atoms with van der Waals surface area (Å²) in [7, 11) is 0. The Morgan fingerprint density at radius 2 is 1.89 bits per heavy atom. The van der Waals surface area contributed by atoms with Crippen molar-refractivity contribution in [2.45, 2.75) is 20.3 Å². The molecule has 0 aliphatic heterocycles. The molecule has 3 nitrogen and oxygen atoms in total. The molecule has 0 spiro atoms. The summed E-state index contributed by atoms with van der Waals surface area (Å²) in [5.41, 5.74) is -0.551. The number of halogens is 2. The number of carbonyl (C=O) groups is 1. The Kier molecular flexibility index (Phi) is 6.42. The van der Waals surface area contributed by atoms with Crippen LogP contribution in [0.15, 0.2) is 18.2 Å². The molecule has 0 saturated carbocycles. The van der Waals surface area contributed by atoms with Gasteiger partial charge in [0.15, 0.2) is 0 Å². The molecule has 0 fully saturated rings. The standard InChI is InChI=1S/C14H19F2NO2/c1-10(2)6-8-19-9-7-17-14(18)13-11(15)4-3-5-12(13)16/h3-5,10H,6-9H2,1-2H3,(H,17,18). The van der Waals surface area contributed by atoms with Crippen molar-refractivity contribution in [3.8, 4) is 0 Å². The van der Waals surface area contributed by atoms with Gasteiger partial charge in [-0.1, -0.05) is 19.9 Å². The van der Waals surface area contributed by atoms with Crippen molar-refractivity contribution in [1.82, 2.24) is 5.32 Å². The number of benzene rings is 1. The van der Waals surface area contributed by atoms with E-state index in [1.807, 2.05) is 0 Å². The fraction of sp³-hybridized carbons (Fsp3) is 0.500. The number of carbonyl (C=O) groups excluding carboxylic acids is 1. The predicted molar refractivity (Wildman–Crippen MR) is 69.0 cm³/mol. The van der Waals surface area contributed by atoms with E-state index in [4.69, 9.17) is 4.74 Å². The van der Waals surface area contributed by atoms with Gasteiger partial charge in [-0.15, -0.1) is 0 Å². The van der Waals surface area contributed by atoms with Crippen molar-refractivity contribution in [2.24, 2.45) is 5.92 Å². The van der Waals surface area contributed by atoms with Gasteiger partial charge in [0.2, 0.25) is 0 Å². The first-order valence-corrected chi connectivity index (χ1v) is 6.32. The first kappa shape index (κ1) is 15.6. The Labute approximate surface area is 112 Å². The Morgan fingerprint density at radius 3 is 2.47 bits per heavy atom. The Morgan fingerprint density at radius 1 is 1.26 bits per heavy atom. The van der Waals surface area contributed by atoms with Gasteiger partial charge in [0.05, 0.1) is 6.61 Å². The molecule has 19 heavy (non-hydrogen) atoms. The lowest BCUT2D eigenvalue weighted by atomic mass is 10.1. The summed E-state index contributed by atoms with van der Waals surface area (Å²) >= 11 is 0. The fourth-order valence-corrected chi connectivity index (χ4v) is 1.46. The average Bonchev–Trinajstić information content (AvgIpc) is 2.33. The van der Waals surface area contributed by atoms with E-state index in [0.717, 1.165) is 18.6 Å². The second-order valence-electron chi connectivity index (χ2n) is 4.65. The summed E-state index contributed by atoms with van der Waals surface area (Å²) in [5.74, 6) is -1.93. The molecule has 0 aliphatic carbocycles. The molecule has 0 unspecified atom stereocenters. The van der Waals surface area contributed by atoms with Gasteiger partial charge >= 0.3 is 0 Å². The minimum atomic E-state index is -0.863. The summed E-state index contributed by atoms with van der Waals surface area (Å²) < 4.78 is 31.9. The van der Waals surface area contributed by atoms with Crippen LogP contribution in [0.1, 0.15) is 30.6 Å². The number of hydrogen-bond donors (Lipinski definition) is 1. The molecule has 0 aliphatic rings. The monoisotopic (exact) mass is 271 g/mol. The van der Waals surface area contributed by atoms with Crippen LogP contribution in [0.4, 0.5) is 8.78 Å². The van der Waals surface area contributed by atoms with Gasteiger partial charge in [-0.25, -0.2) is 8.78 Å². The Hall–Kier alpha value is -1.49. The van der Waals surface area contributed by atoms with E-state index in [0.29, 0.717) is 19.1 Å². The summed E-state index contributed by atoms with van der Waals surface area (Å²) in [6.45, 7) is 5.35. The Balaban J connectivity index is 2.32. The second-order valence-corrected chi connectivity index (χ2v) is 4.65.